The molecule has 1 aromatic heterocycles. The normalized spacial score (nSPS) is 11.9. The van der Waals surface area contributed by atoms with Gasteiger partial charge in [0.2, 0.25) is 6.39 Å². The smallest absolute Gasteiger partial charge is 0.214 e. The Bertz CT molecular complexity index is 198. The highest BCUT2D eigenvalue weighted by Crippen LogP contribution is 1.93. The average Bonchev–Trinajstić information content (AvgIpc) is 2.15. The van der Waals surface area contributed by atoms with Gasteiger partial charge < -0.3 is 10.3 Å². The topological polar surface area (TPSA) is 64.9 Å². The van der Waals surface area contributed by atoms with Crippen molar-refractivity contribution >= 4 is 6.08 Å². The number of hydrogen-bond donors (Lipinski definition) is 1. The summed E-state index contributed by atoms with van der Waals surface area (Å²) in [6.07, 6.45) is 2.89. The van der Waals surface area contributed by atoms with E-state index in [0.717, 1.165) is 0 Å². The maximum atomic E-state index is 5.32. The molecule has 0 unspecified atom stereocenters. The Kier molecular flexibility index (Phi) is 1.48. The lowest BCUT2D eigenvalue weighted by molar-refractivity contribution is 0.415. The fourth-order valence-corrected chi connectivity index (χ4v) is 0.446. The standard InChI is InChI=1S/C5H7N3O/c1-4(6)2-5-7-3-9-8-5/h2-3H,6H2,1H3. The van der Waals surface area contributed by atoms with Gasteiger partial charge in [-0.25, -0.2) is 0 Å². The van der Waals surface area contributed by atoms with Gasteiger partial charge in [0.15, 0.2) is 5.82 Å². The number of allylic oxidation sites excluding steroid dienone is 1. The van der Waals surface area contributed by atoms with Gasteiger partial charge in [0.05, 0.1) is 0 Å². The van der Waals surface area contributed by atoms with Gasteiger partial charge in [-0.05, 0) is 6.92 Å². The summed E-state index contributed by atoms with van der Waals surface area (Å²) >= 11 is 0. The Morgan fingerprint density at radius 2 is 2.67 bits per heavy atom. The molecule has 2 N–H and O–H groups in total. The summed E-state index contributed by atoms with van der Waals surface area (Å²) in [4.78, 5) is 3.72. The van der Waals surface area contributed by atoms with Crippen molar-refractivity contribution in [3.8, 4) is 0 Å². The van der Waals surface area contributed by atoms with Gasteiger partial charge in [-0.15, -0.1) is 0 Å². The van der Waals surface area contributed by atoms with Crippen LogP contribution in [0.1, 0.15) is 12.7 Å². The minimum absolute atomic E-state index is 0.509. The fraction of sp³-hybridized carbons (Fsp3) is 0.200. The molecule has 0 bridgehead atoms. The lowest BCUT2D eigenvalue weighted by atomic mass is 10.4. The summed E-state index contributed by atoms with van der Waals surface area (Å²) in [5.74, 6) is 0.509. The quantitative estimate of drug-likeness (QED) is 0.589. The highest BCUT2D eigenvalue weighted by Gasteiger charge is 1.89. The molecule has 1 rings (SSSR count). The number of rotatable bonds is 1. The average molecular weight is 125 g/mol. The molecule has 1 heterocycles. The maximum absolute atomic E-state index is 5.32. The van der Waals surface area contributed by atoms with Gasteiger partial charge >= 0.3 is 0 Å². The van der Waals surface area contributed by atoms with Gasteiger partial charge in [0, 0.05) is 11.8 Å². The van der Waals surface area contributed by atoms with Crippen LogP contribution in [0.5, 0.6) is 0 Å². The zero-order chi connectivity index (χ0) is 6.69. The van der Waals surface area contributed by atoms with Gasteiger partial charge in [-0.1, -0.05) is 5.16 Å². The summed E-state index contributed by atoms with van der Waals surface area (Å²) in [7, 11) is 0. The first kappa shape index (κ1) is 5.81. The Hall–Kier alpha value is -1.32. The van der Waals surface area contributed by atoms with Crippen molar-refractivity contribution in [1.82, 2.24) is 10.1 Å². The third-order valence-corrected chi connectivity index (χ3v) is 0.735. The van der Waals surface area contributed by atoms with Crippen LogP contribution >= 0.6 is 0 Å². The second-order valence-electron chi connectivity index (χ2n) is 1.68. The molecule has 0 spiro atoms. The fourth-order valence-electron chi connectivity index (χ4n) is 0.446. The molecule has 0 amide bonds. The molecule has 0 fully saturated rings. The Labute approximate surface area is 52.4 Å². The number of nitrogens with zero attached hydrogens (tertiary/aromatic N) is 2. The van der Waals surface area contributed by atoms with E-state index < -0.39 is 0 Å². The van der Waals surface area contributed by atoms with Gasteiger partial charge in [-0.3, -0.25) is 0 Å². The minimum Gasteiger partial charge on any atom is -0.402 e. The Balaban J connectivity index is 2.80. The molecule has 4 nitrogen and oxygen atoms in total. The van der Waals surface area contributed by atoms with E-state index in [-0.39, 0.29) is 0 Å². The summed E-state index contributed by atoms with van der Waals surface area (Å²) < 4.78 is 4.45. The van der Waals surface area contributed by atoms with Crippen LogP contribution in [-0.2, 0) is 0 Å². The van der Waals surface area contributed by atoms with Crippen LogP contribution in [-0.4, -0.2) is 10.1 Å². The number of hydrogen-bond acceptors (Lipinski definition) is 4. The van der Waals surface area contributed by atoms with Crippen molar-refractivity contribution in [2.24, 2.45) is 5.73 Å². The summed E-state index contributed by atoms with van der Waals surface area (Å²) in [5, 5.41) is 3.51. The minimum atomic E-state index is 0.509. The molecule has 4 heteroatoms. The molecule has 0 aliphatic carbocycles. The number of aromatic nitrogens is 2. The second-order valence-corrected chi connectivity index (χ2v) is 1.68. The first-order valence-corrected chi connectivity index (χ1v) is 2.49. The predicted octanol–water partition coefficient (Wildman–Crippen LogP) is 0.389. The molecule has 9 heavy (non-hydrogen) atoms. The lowest BCUT2D eigenvalue weighted by Crippen LogP contribution is -1.89. The van der Waals surface area contributed by atoms with Crippen LogP contribution in [0.25, 0.3) is 6.08 Å². The highest BCUT2D eigenvalue weighted by atomic mass is 16.5. The van der Waals surface area contributed by atoms with Crippen molar-refractivity contribution in [1.29, 1.82) is 0 Å². The molecule has 0 aliphatic heterocycles. The number of nitrogens with two attached hydrogens (primary N) is 1. The van der Waals surface area contributed by atoms with Crippen molar-refractivity contribution in [3.63, 3.8) is 0 Å². The van der Waals surface area contributed by atoms with Gasteiger partial charge in [0.25, 0.3) is 0 Å². The van der Waals surface area contributed by atoms with E-state index >= 15 is 0 Å². The van der Waals surface area contributed by atoms with E-state index in [4.69, 9.17) is 5.73 Å². The molecule has 0 radical (unpaired) electrons. The maximum Gasteiger partial charge on any atom is 0.214 e. The summed E-state index contributed by atoms with van der Waals surface area (Å²) in [5.41, 5.74) is 5.99. The van der Waals surface area contributed by atoms with E-state index in [9.17, 15) is 0 Å². The van der Waals surface area contributed by atoms with Gasteiger partial charge in [-0.2, -0.15) is 4.98 Å². The van der Waals surface area contributed by atoms with Crippen molar-refractivity contribution < 1.29 is 4.52 Å². The van der Waals surface area contributed by atoms with E-state index in [1.54, 1.807) is 13.0 Å². The molecule has 1 aromatic rings. The zero-order valence-corrected chi connectivity index (χ0v) is 5.03. The molecule has 0 aliphatic rings. The Morgan fingerprint density at radius 1 is 1.89 bits per heavy atom. The first-order valence-electron chi connectivity index (χ1n) is 2.49. The molecule has 0 atom stereocenters. The summed E-state index contributed by atoms with van der Waals surface area (Å²) in [6.45, 7) is 1.76. The van der Waals surface area contributed by atoms with Crippen molar-refractivity contribution in [2.75, 3.05) is 0 Å². The van der Waals surface area contributed by atoms with Crippen LogP contribution in [0.3, 0.4) is 0 Å². The predicted molar refractivity (Wildman–Crippen MR) is 32.1 cm³/mol. The molecule has 0 aromatic carbocycles. The van der Waals surface area contributed by atoms with Crippen LogP contribution in [0, 0.1) is 0 Å². The monoisotopic (exact) mass is 125 g/mol. The molecular formula is C5H7N3O. The van der Waals surface area contributed by atoms with Crippen LogP contribution in [0.4, 0.5) is 0 Å². The SMILES string of the molecule is CC(N)=Cc1ncon1. The zero-order valence-electron chi connectivity index (χ0n) is 5.03. The van der Waals surface area contributed by atoms with Crippen LogP contribution in [0.2, 0.25) is 0 Å². The molecule has 48 valence electrons. The van der Waals surface area contributed by atoms with E-state index in [0.29, 0.717) is 11.5 Å². The molecule has 0 saturated carbocycles. The van der Waals surface area contributed by atoms with Crippen molar-refractivity contribution in [2.45, 2.75) is 6.92 Å². The van der Waals surface area contributed by atoms with E-state index in [1.807, 2.05) is 0 Å². The molecular weight excluding hydrogens is 118 g/mol. The highest BCUT2D eigenvalue weighted by molar-refractivity contribution is 5.41. The van der Waals surface area contributed by atoms with Crippen LogP contribution < -0.4 is 5.73 Å². The van der Waals surface area contributed by atoms with E-state index in [1.165, 1.54) is 6.39 Å². The first-order chi connectivity index (χ1) is 4.29. The largest absolute Gasteiger partial charge is 0.402 e. The second kappa shape index (κ2) is 2.30. The molecule has 0 saturated heterocycles. The van der Waals surface area contributed by atoms with E-state index in [2.05, 4.69) is 14.7 Å². The summed E-state index contributed by atoms with van der Waals surface area (Å²) in [6, 6.07) is 0. The van der Waals surface area contributed by atoms with Crippen LogP contribution in [0.15, 0.2) is 16.6 Å². The van der Waals surface area contributed by atoms with Crippen molar-refractivity contribution in [3.05, 3.63) is 17.9 Å². The third-order valence-electron chi connectivity index (χ3n) is 0.735. The third kappa shape index (κ3) is 1.56. The van der Waals surface area contributed by atoms with Gasteiger partial charge in [0.1, 0.15) is 0 Å². The Morgan fingerprint density at radius 3 is 3.11 bits per heavy atom. The lowest BCUT2D eigenvalue weighted by Gasteiger charge is -1.82.